The molecule has 0 atom stereocenters. The van der Waals surface area contributed by atoms with Crippen molar-refractivity contribution in [3.63, 3.8) is 0 Å². The van der Waals surface area contributed by atoms with E-state index in [0.717, 1.165) is 33.8 Å². The highest BCUT2D eigenvalue weighted by Gasteiger charge is 2.18. The van der Waals surface area contributed by atoms with Gasteiger partial charge < -0.3 is 14.6 Å². The second-order valence-electron chi connectivity index (χ2n) is 6.58. The number of nitrogens with one attached hydrogen (secondary N) is 1. The molecule has 0 unspecified atom stereocenters. The van der Waals surface area contributed by atoms with Gasteiger partial charge in [-0.1, -0.05) is 24.3 Å². The summed E-state index contributed by atoms with van der Waals surface area (Å²) >= 11 is 0. The molecule has 0 spiro atoms. The van der Waals surface area contributed by atoms with Crippen LogP contribution in [-0.4, -0.2) is 17.6 Å². The summed E-state index contributed by atoms with van der Waals surface area (Å²) in [6.07, 6.45) is 0. The van der Waals surface area contributed by atoms with E-state index in [1.165, 1.54) is 0 Å². The zero-order valence-electron chi connectivity index (χ0n) is 15.7. The third-order valence-electron chi connectivity index (χ3n) is 4.46. The lowest BCUT2D eigenvalue weighted by Crippen LogP contribution is -2.19. The monoisotopic (exact) mass is 348 g/mol. The van der Waals surface area contributed by atoms with Gasteiger partial charge in [-0.05, 0) is 67.8 Å². The largest absolute Gasteiger partial charge is 0.497 e. The minimum Gasteiger partial charge on any atom is -0.497 e. The summed E-state index contributed by atoms with van der Waals surface area (Å²) in [5.41, 5.74) is 5.72. The standard InChI is InChI=1S/C22H24N2O2/c1-15-7-5-9-19(11-15)23-22(25)21-16(2)12-17(3)24(21)14-18-8-6-10-20(13-18)26-4/h5-13H,14H2,1-4H3,(H,23,25). The number of methoxy groups -OCH3 is 1. The zero-order chi connectivity index (χ0) is 18.7. The maximum atomic E-state index is 12.9. The fraction of sp³-hybridized carbons (Fsp3) is 0.227. The lowest BCUT2D eigenvalue weighted by molar-refractivity contribution is 0.101. The SMILES string of the molecule is COc1cccc(Cn2c(C)cc(C)c2C(=O)Nc2cccc(C)c2)c1. The Bertz CT molecular complexity index is 941. The van der Waals surface area contributed by atoms with E-state index in [0.29, 0.717) is 12.2 Å². The third kappa shape index (κ3) is 3.80. The van der Waals surface area contributed by atoms with Crippen molar-refractivity contribution in [1.29, 1.82) is 0 Å². The van der Waals surface area contributed by atoms with E-state index in [1.54, 1.807) is 7.11 Å². The first-order valence-electron chi connectivity index (χ1n) is 8.65. The topological polar surface area (TPSA) is 43.3 Å². The second-order valence-corrected chi connectivity index (χ2v) is 6.58. The first-order valence-corrected chi connectivity index (χ1v) is 8.65. The van der Waals surface area contributed by atoms with Crippen LogP contribution in [0.3, 0.4) is 0 Å². The number of anilines is 1. The summed E-state index contributed by atoms with van der Waals surface area (Å²) in [4.78, 5) is 12.9. The lowest BCUT2D eigenvalue weighted by atomic mass is 10.2. The highest BCUT2D eigenvalue weighted by molar-refractivity contribution is 6.04. The number of carbonyl (C=O) groups excluding carboxylic acids is 1. The van der Waals surface area contributed by atoms with Crippen molar-refractivity contribution in [3.05, 3.63) is 82.7 Å². The van der Waals surface area contributed by atoms with Crippen LogP contribution < -0.4 is 10.1 Å². The Morgan fingerprint density at radius 2 is 1.81 bits per heavy atom. The molecule has 3 aromatic rings. The Morgan fingerprint density at radius 1 is 1.04 bits per heavy atom. The van der Waals surface area contributed by atoms with Crippen LogP contribution in [-0.2, 0) is 6.54 Å². The Hall–Kier alpha value is -3.01. The van der Waals surface area contributed by atoms with Crippen molar-refractivity contribution in [2.75, 3.05) is 12.4 Å². The van der Waals surface area contributed by atoms with Gasteiger partial charge in [0, 0.05) is 17.9 Å². The Kier molecular flexibility index (Phi) is 5.12. The lowest BCUT2D eigenvalue weighted by Gasteiger charge is -2.14. The van der Waals surface area contributed by atoms with Crippen LogP contribution in [0.25, 0.3) is 0 Å². The van der Waals surface area contributed by atoms with E-state index in [-0.39, 0.29) is 5.91 Å². The number of benzene rings is 2. The van der Waals surface area contributed by atoms with Gasteiger partial charge in [-0.3, -0.25) is 4.79 Å². The molecule has 1 N–H and O–H groups in total. The van der Waals surface area contributed by atoms with Gasteiger partial charge in [0.1, 0.15) is 11.4 Å². The molecule has 26 heavy (non-hydrogen) atoms. The molecular weight excluding hydrogens is 324 g/mol. The second kappa shape index (κ2) is 7.48. The van der Waals surface area contributed by atoms with E-state index in [9.17, 15) is 4.79 Å². The average Bonchev–Trinajstić information content (AvgIpc) is 2.88. The molecule has 0 aliphatic heterocycles. The fourth-order valence-electron chi connectivity index (χ4n) is 3.22. The van der Waals surface area contributed by atoms with Gasteiger partial charge in [-0.25, -0.2) is 0 Å². The first-order chi connectivity index (χ1) is 12.5. The van der Waals surface area contributed by atoms with Crippen LogP contribution in [0.5, 0.6) is 5.75 Å². The van der Waals surface area contributed by atoms with Gasteiger partial charge in [0.05, 0.1) is 7.11 Å². The molecule has 3 rings (SSSR count). The average molecular weight is 348 g/mol. The number of nitrogens with zero attached hydrogens (tertiary/aromatic N) is 1. The maximum Gasteiger partial charge on any atom is 0.272 e. The summed E-state index contributed by atoms with van der Waals surface area (Å²) in [6.45, 7) is 6.63. The molecule has 0 aliphatic carbocycles. The predicted octanol–water partition coefficient (Wildman–Crippen LogP) is 4.72. The number of aromatic nitrogens is 1. The molecule has 0 radical (unpaired) electrons. The van der Waals surface area contributed by atoms with Crippen LogP contribution in [0.2, 0.25) is 0 Å². The Morgan fingerprint density at radius 3 is 2.54 bits per heavy atom. The van der Waals surface area contributed by atoms with Gasteiger partial charge in [-0.15, -0.1) is 0 Å². The molecule has 0 saturated carbocycles. The van der Waals surface area contributed by atoms with Crippen molar-refractivity contribution in [3.8, 4) is 5.75 Å². The number of carbonyl (C=O) groups is 1. The van der Waals surface area contributed by atoms with E-state index >= 15 is 0 Å². The normalized spacial score (nSPS) is 10.6. The van der Waals surface area contributed by atoms with Crippen LogP contribution >= 0.6 is 0 Å². The van der Waals surface area contributed by atoms with Crippen molar-refractivity contribution in [2.45, 2.75) is 27.3 Å². The van der Waals surface area contributed by atoms with Crippen molar-refractivity contribution < 1.29 is 9.53 Å². The quantitative estimate of drug-likeness (QED) is 0.725. The predicted molar refractivity (Wildman–Crippen MR) is 105 cm³/mol. The Labute approximate surface area is 154 Å². The molecule has 0 fully saturated rings. The fourth-order valence-corrected chi connectivity index (χ4v) is 3.22. The number of hydrogen-bond acceptors (Lipinski definition) is 2. The van der Waals surface area contributed by atoms with Gasteiger partial charge >= 0.3 is 0 Å². The van der Waals surface area contributed by atoms with Crippen LogP contribution in [0.15, 0.2) is 54.6 Å². The molecule has 0 bridgehead atoms. The molecule has 1 amide bonds. The third-order valence-corrected chi connectivity index (χ3v) is 4.46. The summed E-state index contributed by atoms with van der Waals surface area (Å²) in [5, 5.41) is 3.02. The van der Waals surface area contributed by atoms with E-state index in [4.69, 9.17) is 4.74 Å². The molecule has 134 valence electrons. The molecule has 0 aliphatic rings. The molecule has 1 aromatic heterocycles. The minimum absolute atomic E-state index is 0.0934. The highest BCUT2D eigenvalue weighted by Crippen LogP contribution is 2.21. The zero-order valence-corrected chi connectivity index (χ0v) is 15.7. The maximum absolute atomic E-state index is 12.9. The van der Waals surface area contributed by atoms with Gasteiger partial charge in [0.15, 0.2) is 0 Å². The van der Waals surface area contributed by atoms with E-state index < -0.39 is 0 Å². The number of hydrogen-bond donors (Lipinski definition) is 1. The van der Waals surface area contributed by atoms with Gasteiger partial charge in [0.25, 0.3) is 5.91 Å². The first kappa shape index (κ1) is 17.8. The van der Waals surface area contributed by atoms with Crippen LogP contribution in [0, 0.1) is 20.8 Å². The molecule has 1 heterocycles. The number of rotatable bonds is 5. The van der Waals surface area contributed by atoms with Crippen molar-refractivity contribution in [2.24, 2.45) is 0 Å². The summed E-state index contributed by atoms with van der Waals surface area (Å²) in [6, 6.07) is 17.8. The number of amides is 1. The summed E-state index contributed by atoms with van der Waals surface area (Å²) in [7, 11) is 1.66. The van der Waals surface area contributed by atoms with Crippen LogP contribution in [0.1, 0.15) is 32.9 Å². The van der Waals surface area contributed by atoms with E-state index in [1.807, 2.05) is 75.4 Å². The molecule has 2 aromatic carbocycles. The number of aryl methyl sites for hydroxylation is 3. The highest BCUT2D eigenvalue weighted by atomic mass is 16.5. The molecule has 4 heteroatoms. The smallest absolute Gasteiger partial charge is 0.272 e. The van der Waals surface area contributed by atoms with Gasteiger partial charge in [0.2, 0.25) is 0 Å². The summed E-state index contributed by atoms with van der Waals surface area (Å²) in [5.74, 6) is 0.721. The molecular formula is C22H24N2O2. The minimum atomic E-state index is -0.0934. The molecule has 4 nitrogen and oxygen atoms in total. The Balaban J connectivity index is 1.91. The van der Waals surface area contributed by atoms with Crippen molar-refractivity contribution >= 4 is 11.6 Å². The van der Waals surface area contributed by atoms with Gasteiger partial charge in [-0.2, -0.15) is 0 Å². The molecule has 0 saturated heterocycles. The number of ether oxygens (including phenoxy) is 1. The van der Waals surface area contributed by atoms with E-state index in [2.05, 4.69) is 9.88 Å². The van der Waals surface area contributed by atoms with Crippen LogP contribution in [0.4, 0.5) is 5.69 Å². The summed E-state index contributed by atoms with van der Waals surface area (Å²) < 4.78 is 7.36. The van der Waals surface area contributed by atoms with Crippen molar-refractivity contribution in [1.82, 2.24) is 4.57 Å².